The Hall–Kier alpha value is -2.70. The van der Waals surface area contributed by atoms with Crippen LogP contribution in [-0.2, 0) is 14.3 Å². The molecule has 0 unspecified atom stereocenters. The molecule has 1 aromatic carbocycles. The lowest BCUT2D eigenvalue weighted by molar-refractivity contribution is -0.143. The number of benzene rings is 1. The van der Waals surface area contributed by atoms with E-state index in [1.165, 1.54) is 24.3 Å². The molecule has 1 rings (SSSR count). The van der Waals surface area contributed by atoms with Gasteiger partial charge in [0.15, 0.2) is 6.61 Å². The van der Waals surface area contributed by atoms with E-state index in [4.69, 9.17) is 0 Å². The molecule has 0 fully saturated rings. The number of esters is 1. The normalized spacial score (nSPS) is 10.3. The highest BCUT2D eigenvalue weighted by molar-refractivity contribution is 5.96. The van der Waals surface area contributed by atoms with Crippen LogP contribution in [0.4, 0.5) is 9.18 Å². The minimum atomic E-state index is -0.770. The van der Waals surface area contributed by atoms with E-state index in [2.05, 4.69) is 10.1 Å². The van der Waals surface area contributed by atoms with Crippen LogP contribution >= 0.6 is 0 Å². The van der Waals surface area contributed by atoms with E-state index in [-0.39, 0.29) is 0 Å². The zero-order chi connectivity index (χ0) is 16.4. The number of carbonyl (C=O) groups excluding carboxylic acids is 3. The minimum Gasteiger partial charge on any atom is -0.452 e. The van der Waals surface area contributed by atoms with Crippen LogP contribution in [0.15, 0.2) is 30.3 Å². The van der Waals surface area contributed by atoms with Crippen molar-refractivity contribution in [1.29, 1.82) is 0 Å². The smallest absolute Gasteiger partial charge is 0.331 e. The fraction of sp³-hybridized carbons (Fsp3) is 0.267. The quantitative estimate of drug-likeness (QED) is 0.618. The average molecular weight is 308 g/mol. The number of amides is 3. The van der Waals surface area contributed by atoms with Crippen LogP contribution in [0.5, 0.6) is 0 Å². The van der Waals surface area contributed by atoms with E-state index >= 15 is 0 Å². The number of nitrogens with one attached hydrogen (secondary N) is 2. The summed E-state index contributed by atoms with van der Waals surface area (Å²) in [6, 6.07) is 5.00. The van der Waals surface area contributed by atoms with Crippen LogP contribution in [0.25, 0.3) is 6.08 Å². The summed E-state index contributed by atoms with van der Waals surface area (Å²) >= 11 is 0. The first-order valence-corrected chi connectivity index (χ1v) is 6.69. The summed E-state index contributed by atoms with van der Waals surface area (Å²) in [6.45, 7) is 1.73. The lowest BCUT2D eigenvalue weighted by Crippen LogP contribution is -2.41. The van der Waals surface area contributed by atoms with Crippen LogP contribution in [0.2, 0.25) is 0 Å². The van der Waals surface area contributed by atoms with Crippen LogP contribution in [0.3, 0.4) is 0 Å². The Morgan fingerprint density at radius 1 is 1.32 bits per heavy atom. The fourth-order valence-corrected chi connectivity index (χ4v) is 1.40. The number of hydrogen-bond donors (Lipinski definition) is 2. The van der Waals surface area contributed by atoms with Gasteiger partial charge in [0.1, 0.15) is 5.82 Å². The Morgan fingerprint density at radius 3 is 2.77 bits per heavy atom. The van der Waals surface area contributed by atoms with Crippen molar-refractivity contribution in [3.8, 4) is 0 Å². The molecule has 0 aliphatic carbocycles. The van der Waals surface area contributed by atoms with Crippen molar-refractivity contribution >= 4 is 24.0 Å². The highest BCUT2D eigenvalue weighted by Gasteiger charge is 2.08. The highest BCUT2D eigenvalue weighted by Crippen LogP contribution is 2.05. The van der Waals surface area contributed by atoms with Crippen molar-refractivity contribution in [2.45, 2.75) is 13.3 Å². The van der Waals surface area contributed by atoms with Gasteiger partial charge < -0.3 is 10.1 Å². The molecule has 1 aromatic rings. The van der Waals surface area contributed by atoms with Crippen molar-refractivity contribution in [3.63, 3.8) is 0 Å². The highest BCUT2D eigenvalue weighted by atomic mass is 19.1. The second-order valence-electron chi connectivity index (χ2n) is 4.30. The predicted molar refractivity (Wildman–Crippen MR) is 78.2 cm³/mol. The van der Waals surface area contributed by atoms with Gasteiger partial charge in [0.2, 0.25) is 0 Å². The molecule has 118 valence electrons. The summed E-state index contributed by atoms with van der Waals surface area (Å²) in [5.74, 6) is -1.93. The molecule has 0 saturated heterocycles. The van der Waals surface area contributed by atoms with Gasteiger partial charge in [-0.1, -0.05) is 19.1 Å². The molecule has 0 aliphatic rings. The van der Waals surface area contributed by atoms with Gasteiger partial charge in [-0.3, -0.25) is 10.1 Å². The molecule has 7 heteroatoms. The first kappa shape index (κ1) is 17.4. The maximum atomic E-state index is 12.9. The van der Waals surface area contributed by atoms with Gasteiger partial charge in [0, 0.05) is 12.6 Å². The first-order chi connectivity index (χ1) is 10.5. The topological polar surface area (TPSA) is 84.5 Å². The van der Waals surface area contributed by atoms with Gasteiger partial charge in [0.05, 0.1) is 0 Å². The molecule has 3 amide bonds. The molecular weight excluding hydrogens is 291 g/mol. The number of ether oxygens (including phenoxy) is 1. The van der Waals surface area contributed by atoms with E-state index in [0.29, 0.717) is 12.1 Å². The number of hydrogen-bond acceptors (Lipinski definition) is 4. The molecule has 0 heterocycles. The third-order valence-corrected chi connectivity index (χ3v) is 2.39. The van der Waals surface area contributed by atoms with Crippen molar-refractivity contribution in [1.82, 2.24) is 10.6 Å². The summed E-state index contributed by atoms with van der Waals surface area (Å²) in [5, 5.41) is 4.45. The Balaban J connectivity index is 2.33. The lowest BCUT2D eigenvalue weighted by Gasteiger charge is -2.05. The summed E-state index contributed by atoms with van der Waals surface area (Å²) in [6.07, 6.45) is 3.16. The fourth-order valence-electron chi connectivity index (χ4n) is 1.40. The van der Waals surface area contributed by atoms with Crippen molar-refractivity contribution in [3.05, 3.63) is 41.7 Å². The van der Waals surface area contributed by atoms with Gasteiger partial charge in [-0.25, -0.2) is 14.0 Å². The van der Waals surface area contributed by atoms with Gasteiger partial charge in [-0.05, 0) is 30.2 Å². The first-order valence-electron chi connectivity index (χ1n) is 6.69. The molecule has 0 aromatic heterocycles. The van der Waals surface area contributed by atoms with E-state index in [9.17, 15) is 18.8 Å². The average Bonchev–Trinajstić information content (AvgIpc) is 2.49. The van der Waals surface area contributed by atoms with Crippen LogP contribution in [0, 0.1) is 5.82 Å². The second kappa shape index (κ2) is 9.28. The van der Waals surface area contributed by atoms with Gasteiger partial charge >= 0.3 is 12.0 Å². The molecular formula is C15H17FN2O4. The SMILES string of the molecule is CCCNC(=O)NC(=O)COC(=O)/C=C/c1cccc(F)c1. The molecule has 0 spiro atoms. The summed E-state index contributed by atoms with van der Waals surface area (Å²) < 4.78 is 17.6. The van der Waals surface area contributed by atoms with Crippen molar-refractivity contribution < 1.29 is 23.5 Å². The summed E-state index contributed by atoms with van der Waals surface area (Å²) in [4.78, 5) is 33.9. The molecule has 0 bridgehead atoms. The van der Waals surface area contributed by atoms with Crippen LogP contribution < -0.4 is 10.6 Å². The number of urea groups is 1. The Kier molecular flexibility index (Phi) is 7.32. The van der Waals surface area contributed by atoms with Crippen LogP contribution in [0.1, 0.15) is 18.9 Å². The van der Waals surface area contributed by atoms with Crippen molar-refractivity contribution in [2.75, 3.05) is 13.2 Å². The molecule has 2 N–H and O–H groups in total. The second-order valence-corrected chi connectivity index (χ2v) is 4.30. The Labute approximate surface area is 127 Å². The van der Waals surface area contributed by atoms with Gasteiger partial charge in [0.25, 0.3) is 5.91 Å². The number of halogens is 1. The Bertz CT molecular complexity index is 572. The third kappa shape index (κ3) is 7.18. The standard InChI is InChI=1S/C15H17FN2O4/c1-2-8-17-15(21)18-13(19)10-22-14(20)7-6-11-4-3-5-12(16)9-11/h3-7,9H,2,8,10H2,1H3,(H2,17,18,19,21)/b7-6+. The van der Waals surface area contributed by atoms with Crippen LogP contribution in [-0.4, -0.2) is 31.1 Å². The molecule has 22 heavy (non-hydrogen) atoms. The number of rotatable bonds is 6. The maximum absolute atomic E-state index is 12.9. The molecule has 6 nitrogen and oxygen atoms in total. The lowest BCUT2D eigenvalue weighted by atomic mass is 10.2. The van der Waals surface area contributed by atoms with E-state index in [1.54, 1.807) is 6.07 Å². The zero-order valence-electron chi connectivity index (χ0n) is 12.1. The molecule has 0 radical (unpaired) electrons. The minimum absolute atomic E-state index is 0.423. The largest absolute Gasteiger partial charge is 0.452 e. The Morgan fingerprint density at radius 2 is 2.09 bits per heavy atom. The van der Waals surface area contributed by atoms with Gasteiger partial charge in [-0.15, -0.1) is 0 Å². The third-order valence-electron chi connectivity index (χ3n) is 2.39. The summed E-state index contributed by atoms with van der Waals surface area (Å²) in [5.41, 5.74) is 0.486. The van der Waals surface area contributed by atoms with Crippen molar-refractivity contribution in [2.24, 2.45) is 0 Å². The zero-order valence-corrected chi connectivity index (χ0v) is 12.1. The molecule has 0 aliphatic heterocycles. The summed E-state index contributed by atoms with van der Waals surface area (Å²) in [7, 11) is 0. The molecule has 0 atom stereocenters. The van der Waals surface area contributed by atoms with E-state index in [1.807, 2.05) is 12.2 Å². The number of imide groups is 1. The van der Waals surface area contributed by atoms with E-state index in [0.717, 1.165) is 12.5 Å². The monoisotopic (exact) mass is 308 g/mol. The van der Waals surface area contributed by atoms with Gasteiger partial charge in [-0.2, -0.15) is 0 Å². The molecule has 0 saturated carbocycles. The van der Waals surface area contributed by atoms with E-state index < -0.39 is 30.3 Å². The predicted octanol–water partition coefficient (Wildman–Crippen LogP) is 1.62. The maximum Gasteiger partial charge on any atom is 0.331 e. The number of carbonyl (C=O) groups is 3.